The first-order chi connectivity index (χ1) is 17.0. The van der Waals surface area contributed by atoms with Gasteiger partial charge in [-0.2, -0.15) is 0 Å². The number of benzene rings is 4. The van der Waals surface area contributed by atoms with Crippen LogP contribution in [0.2, 0.25) is 5.02 Å². The van der Waals surface area contributed by atoms with Crippen molar-refractivity contribution in [3.8, 4) is 0 Å². The number of thioether (sulfide) groups is 2. The number of amides is 1. The smallest absolute Gasteiger partial charge is 0.234 e. The summed E-state index contributed by atoms with van der Waals surface area (Å²) in [7, 11) is 0. The number of thiazole rings is 1. The molecule has 1 heterocycles. The lowest BCUT2D eigenvalue weighted by molar-refractivity contribution is -0.114. The van der Waals surface area contributed by atoms with E-state index in [1.807, 2.05) is 91.0 Å². The molecule has 0 saturated heterocycles. The number of hydrogen-bond acceptors (Lipinski definition) is 6. The zero-order chi connectivity index (χ0) is 24.2. The highest BCUT2D eigenvalue weighted by molar-refractivity contribution is 8.16. The van der Waals surface area contributed by atoms with Crippen molar-refractivity contribution in [1.82, 2.24) is 4.98 Å². The van der Waals surface area contributed by atoms with Crippen molar-refractivity contribution < 1.29 is 9.59 Å². The molecule has 0 aliphatic carbocycles. The Bertz CT molecular complexity index is 1520. The number of carbonyl (C=O) groups excluding carboxylic acids is 2. The zero-order valence-electron chi connectivity index (χ0n) is 18.3. The number of nitrogens with zero attached hydrogens (tertiary/aromatic N) is 1. The van der Waals surface area contributed by atoms with Crippen LogP contribution in [0.1, 0.15) is 10.8 Å². The predicted molar refractivity (Wildman–Crippen MR) is 150 cm³/mol. The fourth-order valence-electron chi connectivity index (χ4n) is 3.59. The van der Waals surface area contributed by atoms with Gasteiger partial charge in [-0.05, 0) is 46.7 Å². The lowest BCUT2D eigenvalue weighted by Crippen LogP contribution is -2.16. The van der Waals surface area contributed by atoms with Crippen molar-refractivity contribution in [2.24, 2.45) is 0 Å². The molecule has 1 unspecified atom stereocenters. The molecule has 0 saturated carbocycles. The Labute approximate surface area is 220 Å². The fourth-order valence-corrected chi connectivity index (χ4v) is 6.90. The van der Waals surface area contributed by atoms with Gasteiger partial charge in [-0.15, -0.1) is 11.3 Å². The molecule has 0 aliphatic rings. The molecule has 174 valence electrons. The average molecular weight is 535 g/mol. The summed E-state index contributed by atoms with van der Waals surface area (Å²) in [6, 6.07) is 28.9. The highest BCUT2D eigenvalue weighted by Crippen LogP contribution is 2.42. The number of nitrogens with one attached hydrogen (secondary N) is 1. The Hall–Kier alpha value is -2.84. The summed E-state index contributed by atoms with van der Waals surface area (Å²) < 4.78 is 1.80. The van der Waals surface area contributed by atoms with E-state index in [-0.39, 0.29) is 16.8 Å². The summed E-state index contributed by atoms with van der Waals surface area (Å²) in [5.41, 5.74) is 2.40. The van der Waals surface area contributed by atoms with E-state index < -0.39 is 5.25 Å². The molecule has 0 spiro atoms. The van der Waals surface area contributed by atoms with Gasteiger partial charge in [0.25, 0.3) is 0 Å². The summed E-state index contributed by atoms with van der Waals surface area (Å²) in [5.74, 6) is -0.185. The Morgan fingerprint density at radius 1 is 0.914 bits per heavy atom. The maximum absolute atomic E-state index is 13.3. The van der Waals surface area contributed by atoms with Crippen LogP contribution in [0.3, 0.4) is 0 Å². The number of halogens is 1. The monoisotopic (exact) mass is 534 g/mol. The fraction of sp³-hybridized carbons (Fsp3) is 0.0741. The normalized spacial score (nSPS) is 12.0. The van der Waals surface area contributed by atoms with Gasteiger partial charge in [0.05, 0.1) is 16.0 Å². The van der Waals surface area contributed by atoms with Crippen molar-refractivity contribution in [2.45, 2.75) is 9.59 Å². The molecule has 4 nitrogen and oxygen atoms in total. The predicted octanol–water partition coefficient (Wildman–Crippen LogP) is 7.83. The zero-order valence-corrected chi connectivity index (χ0v) is 21.5. The van der Waals surface area contributed by atoms with Crippen LogP contribution >= 0.6 is 46.5 Å². The number of rotatable bonds is 7. The number of anilines is 1. The first kappa shape index (κ1) is 23.9. The van der Waals surface area contributed by atoms with Crippen LogP contribution in [-0.2, 0) is 9.59 Å². The van der Waals surface area contributed by atoms with Gasteiger partial charge in [0.2, 0.25) is 11.0 Å². The third-order valence-corrected chi connectivity index (χ3v) is 8.94. The standard InChI is InChI=1S/C27H19ClN2O2S3/c28-20-11-13-23-22(15-20)30-27(34-23)35-25(18-7-2-1-3-8-18)26(32)33-16-24(31)29-21-12-10-17-6-4-5-9-19(17)14-21/h1-15,25H,16H2,(H,29,31). The summed E-state index contributed by atoms with van der Waals surface area (Å²) in [4.78, 5) is 30.5. The van der Waals surface area contributed by atoms with Crippen molar-refractivity contribution in [2.75, 3.05) is 11.1 Å². The average Bonchev–Trinajstić information content (AvgIpc) is 3.28. The van der Waals surface area contributed by atoms with Gasteiger partial charge in [0, 0.05) is 10.7 Å². The second-order valence-corrected chi connectivity index (χ2v) is 11.5. The van der Waals surface area contributed by atoms with Crippen LogP contribution in [0.4, 0.5) is 5.69 Å². The molecule has 4 aromatic carbocycles. The first-order valence-corrected chi connectivity index (χ1v) is 13.8. The second-order valence-electron chi connectivity index (χ2n) is 7.72. The Kier molecular flexibility index (Phi) is 7.39. The molecule has 0 aliphatic heterocycles. The third kappa shape index (κ3) is 5.87. The molecule has 0 bridgehead atoms. The number of hydrogen-bond donors (Lipinski definition) is 1. The van der Waals surface area contributed by atoms with E-state index in [0.717, 1.165) is 42.7 Å². The van der Waals surface area contributed by atoms with Gasteiger partial charge in [-0.1, -0.05) is 95.8 Å². The molecule has 1 amide bonds. The highest BCUT2D eigenvalue weighted by atomic mass is 35.5. The van der Waals surface area contributed by atoms with Gasteiger partial charge < -0.3 is 5.32 Å². The van der Waals surface area contributed by atoms with Gasteiger partial charge in [-0.25, -0.2) is 4.98 Å². The van der Waals surface area contributed by atoms with Crippen molar-refractivity contribution >= 4 is 84.2 Å². The largest absolute Gasteiger partial charge is 0.325 e. The van der Waals surface area contributed by atoms with E-state index in [2.05, 4.69) is 10.3 Å². The summed E-state index contributed by atoms with van der Waals surface area (Å²) in [6.07, 6.45) is 0. The molecule has 1 atom stereocenters. The molecule has 1 aromatic heterocycles. The molecule has 8 heteroatoms. The van der Waals surface area contributed by atoms with Crippen LogP contribution in [0.25, 0.3) is 21.0 Å². The van der Waals surface area contributed by atoms with Gasteiger partial charge in [0.15, 0.2) is 4.34 Å². The minimum absolute atomic E-state index is 0.0327. The molecular formula is C27H19ClN2O2S3. The molecule has 5 rings (SSSR count). The lowest BCUT2D eigenvalue weighted by Gasteiger charge is -2.14. The SMILES string of the molecule is O=C(CSC(=O)C(Sc1nc2cc(Cl)ccc2s1)c1ccccc1)Nc1ccc2ccccc2c1. The lowest BCUT2D eigenvalue weighted by atomic mass is 10.1. The van der Waals surface area contributed by atoms with Gasteiger partial charge in [0.1, 0.15) is 5.25 Å². The van der Waals surface area contributed by atoms with Crippen LogP contribution in [-0.4, -0.2) is 21.8 Å². The Balaban J connectivity index is 1.28. The summed E-state index contributed by atoms with van der Waals surface area (Å²) in [5, 5.41) is 5.11. The van der Waals surface area contributed by atoms with Crippen LogP contribution in [0, 0.1) is 0 Å². The topological polar surface area (TPSA) is 59.1 Å². The van der Waals surface area contributed by atoms with Crippen LogP contribution in [0.5, 0.6) is 0 Å². The van der Waals surface area contributed by atoms with E-state index in [1.54, 1.807) is 0 Å². The van der Waals surface area contributed by atoms with Crippen LogP contribution in [0.15, 0.2) is 95.3 Å². The van der Waals surface area contributed by atoms with Crippen molar-refractivity contribution in [1.29, 1.82) is 0 Å². The summed E-state index contributed by atoms with van der Waals surface area (Å²) >= 11 is 10.0. The number of carbonyl (C=O) groups is 2. The van der Waals surface area contributed by atoms with Crippen molar-refractivity contribution in [3.05, 3.63) is 102 Å². The number of fused-ring (bicyclic) bond motifs is 2. The highest BCUT2D eigenvalue weighted by Gasteiger charge is 2.25. The summed E-state index contributed by atoms with van der Waals surface area (Å²) in [6.45, 7) is 0. The third-order valence-electron chi connectivity index (χ3n) is 5.24. The molecular weight excluding hydrogens is 516 g/mol. The Morgan fingerprint density at radius 2 is 1.69 bits per heavy atom. The number of aromatic nitrogens is 1. The Morgan fingerprint density at radius 3 is 2.51 bits per heavy atom. The van der Waals surface area contributed by atoms with Gasteiger partial charge in [-0.3, -0.25) is 9.59 Å². The minimum Gasteiger partial charge on any atom is -0.325 e. The van der Waals surface area contributed by atoms with Gasteiger partial charge >= 0.3 is 0 Å². The first-order valence-electron chi connectivity index (χ1n) is 10.8. The van der Waals surface area contributed by atoms with E-state index in [0.29, 0.717) is 10.7 Å². The van der Waals surface area contributed by atoms with Crippen molar-refractivity contribution in [3.63, 3.8) is 0 Å². The minimum atomic E-state index is -0.481. The van der Waals surface area contributed by atoms with E-state index in [9.17, 15) is 9.59 Å². The van der Waals surface area contributed by atoms with E-state index in [1.165, 1.54) is 23.1 Å². The molecule has 5 aromatic rings. The molecule has 0 fully saturated rings. The van der Waals surface area contributed by atoms with E-state index in [4.69, 9.17) is 11.6 Å². The molecule has 0 radical (unpaired) electrons. The van der Waals surface area contributed by atoms with Crippen LogP contribution < -0.4 is 5.32 Å². The molecule has 35 heavy (non-hydrogen) atoms. The maximum Gasteiger partial charge on any atom is 0.234 e. The van der Waals surface area contributed by atoms with E-state index >= 15 is 0 Å². The quantitative estimate of drug-likeness (QED) is 0.215. The second kappa shape index (κ2) is 10.8. The molecule has 1 N–H and O–H groups in total. The maximum atomic E-state index is 13.3.